The van der Waals surface area contributed by atoms with E-state index in [0.717, 1.165) is 16.7 Å². The number of benzene rings is 2. The van der Waals surface area contributed by atoms with E-state index in [-0.39, 0.29) is 11.9 Å². The zero-order chi connectivity index (χ0) is 17.5. The van der Waals surface area contributed by atoms with Gasteiger partial charge in [0.2, 0.25) is 0 Å². The third-order valence-electron chi connectivity index (χ3n) is 4.38. The maximum absolute atomic E-state index is 13.4. The summed E-state index contributed by atoms with van der Waals surface area (Å²) in [6.07, 6.45) is 0. The molecule has 0 aromatic heterocycles. The molecule has 1 saturated heterocycles. The Hall–Kier alpha value is -2.62. The van der Waals surface area contributed by atoms with Gasteiger partial charge in [-0.2, -0.15) is 0 Å². The number of urea groups is 1. The maximum Gasteiger partial charge on any atom is 0.326 e. The minimum Gasteiger partial charge on any atom is -0.315 e. The van der Waals surface area contributed by atoms with Gasteiger partial charge >= 0.3 is 6.03 Å². The second-order valence-electron chi connectivity index (χ2n) is 7.22. The van der Waals surface area contributed by atoms with Crippen LogP contribution in [0.25, 0.3) is 0 Å². The summed E-state index contributed by atoms with van der Waals surface area (Å²) in [4.78, 5) is 27.4. The number of aryl methyl sites for hydroxylation is 1. The number of nitrogens with one attached hydrogen (secondary N) is 1. The summed E-state index contributed by atoms with van der Waals surface area (Å²) < 4.78 is 0. The van der Waals surface area contributed by atoms with E-state index >= 15 is 0 Å². The Morgan fingerprint density at radius 1 is 0.875 bits per heavy atom. The smallest absolute Gasteiger partial charge is 0.315 e. The normalized spacial score (nSPS) is 21.1. The van der Waals surface area contributed by atoms with Gasteiger partial charge in [0.05, 0.1) is 0 Å². The Kier molecular flexibility index (Phi) is 3.71. The van der Waals surface area contributed by atoms with Gasteiger partial charge in [0.15, 0.2) is 5.54 Å². The first kappa shape index (κ1) is 16.2. The molecule has 3 amide bonds. The monoisotopic (exact) mass is 322 g/mol. The molecule has 1 atom stereocenters. The molecule has 0 bridgehead atoms. The minimum absolute atomic E-state index is 0.241. The van der Waals surface area contributed by atoms with Crippen LogP contribution in [0.1, 0.15) is 37.5 Å². The van der Waals surface area contributed by atoms with Gasteiger partial charge in [-0.3, -0.25) is 9.69 Å². The van der Waals surface area contributed by atoms with Gasteiger partial charge < -0.3 is 5.32 Å². The molecule has 124 valence electrons. The number of hydrogen-bond acceptors (Lipinski definition) is 2. The van der Waals surface area contributed by atoms with Gasteiger partial charge in [0.25, 0.3) is 5.91 Å². The SMILES string of the molecule is Cc1ccc([C@]2(c3ccccc3)NC(=O)N(C(C)(C)C)C2=O)cc1. The Morgan fingerprint density at radius 3 is 1.92 bits per heavy atom. The molecule has 1 aliphatic rings. The van der Waals surface area contributed by atoms with E-state index in [1.807, 2.05) is 82.3 Å². The molecule has 0 radical (unpaired) electrons. The lowest BCUT2D eigenvalue weighted by Crippen LogP contribution is -2.48. The van der Waals surface area contributed by atoms with Crippen LogP contribution in [0, 0.1) is 6.92 Å². The van der Waals surface area contributed by atoms with Crippen molar-refractivity contribution in [3.63, 3.8) is 0 Å². The van der Waals surface area contributed by atoms with Crippen molar-refractivity contribution in [3.05, 3.63) is 71.3 Å². The van der Waals surface area contributed by atoms with Crippen LogP contribution in [0.3, 0.4) is 0 Å². The molecule has 2 aromatic carbocycles. The van der Waals surface area contributed by atoms with Crippen molar-refractivity contribution >= 4 is 11.9 Å². The molecular formula is C20H22N2O2. The lowest BCUT2D eigenvalue weighted by molar-refractivity contribution is -0.133. The van der Waals surface area contributed by atoms with Crippen LogP contribution in [0.2, 0.25) is 0 Å². The Bertz CT molecular complexity index is 776. The van der Waals surface area contributed by atoms with E-state index < -0.39 is 11.1 Å². The molecule has 1 N–H and O–H groups in total. The van der Waals surface area contributed by atoms with Gasteiger partial charge in [-0.1, -0.05) is 60.2 Å². The Labute approximate surface area is 142 Å². The fraction of sp³-hybridized carbons (Fsp3) is 0.300. The zero-order valence-electron chi connectivity index (χ0n) is 14.5. The molecule has 1 aliphatic heterocycles. The number of nitrogens with zero attached hydrogens (tertiary/aromatic N) is 1. The lowest BCUT2D eigenvalue weighted by Gasteiger charge is -2.32. The summed E-state index contributed by atoms with van der Waals surface area (Å²) in [5, 5.41) is 2.96. The van der Waals surface area contributed by atoms with Crippen molar-refractivity contribution in [2.24, 2.45) is 0 Å². The first-order chi connectivity index (χ1) is 11.3. The predicted molar refractivity (Wildman–Crippen MR) is 93.5 cm³/mol. The van der Waals surface area contributed by atoms with E-state index in [1.54, 1.807) is 0 Å². The first-order valence-corrected chi connectivity index (χ1v) is 8.06. The number of imide groups is 1. The maximum atomic E-state index is 13.4. The highest BCUT2D eigenvalue weighted by Crippen LogP contribution is 2.38. The van der Waals surface area contributed by atoms with Crippen molar-refractivity contribution < 1.29 is 9.59 Å². The summed E-state index contributed by atoms with van der Waals surface area (Å²) in [7, 11) is 0. The summed E-state index contributed by atoms with van der Waals surface area (Å²) in [6, 6.07) is 16.8. The minimum atomic E-state index is -1.18. The standard InChI is InChI=1S/C20H22N2O2/c1-14-10-12-16(13-11-14)20(15-8-6-5-7-9-15)17(23)22(18(24)21-20)19(2,3)4/h5-13H,1-4H3,(H,21,24)/t20-/m0/s1. The molecule has 3 rings (SSSR count). The molecule has 0 spiro atoms. The van der Waals surface area contributed by atoms with Crippen molar-refractivity contribution in [1.82, 2.24) is 10.2 Å². The first-order valence-electron chi connectivity index (χ1n) is 8.06. The van der Waals surface area contributed by atoms with Gasteiger partial charge in [0.1, 0.15) is 0 Å². The van der Waals surface area contributed by atoms with Crippen molar-refractivity contribution in [2.45, 2.75) is 38.8 Å². The second kappa shape index (κ2) is 5.48. The molecule has 0 saturated carbocycles. The highest BCUT2D eigenvalue weighted by atomic mass is 16.2. The number of carbonyl (C=O) groups excluding carboxylic acids is 2. The van der Waals surface area contributed by atoms with Gasteiger partial charge in [-0.25, -0.2) is 4.79 Å². The molecule has 4 heteroatoms. The fourth-order valence-electron chi connectivity index (χ4n) is 3.19. The molecule has 1 heterocycles. The van der Waals surface area contributed by atoms with Gasteiger partial charge in [-0.05, 0) is 38.8 Å². The van der Waals surface area contributed by atoms with Crippen LogP contribution in [0.15, 0.2) is 54.6 Å². The van der Waals surface area contributed by atoms with Gasteiger partial charge in [-0.15, -0.1) is 0 Å². The lowest BCUT2D eigenvalue weighted by atomic mass is 9.82. The van der Waals surface area contributed by atoms with Crippen molar-refractivity contribution in [3.8, 4) is 0 Å². The zero-order valence-corrected chi connectivity index (χ0v) is 14.5. The van der Waals surface area contributed by atoms with Crippen LogP contribution in [-0.4, -0.2) is 22.4 Å². The van der Waals surface area contributed by atoms with Crippen LogP contribution < -0.4 is 5.32 Å². The average Bonchev–Trinajstić information content (AvgIpc) is 2.80. The Morgan fingerprint density at radius 2 is 1.42 bits per heavy atom. The molecule has 24 heavy (non-hydrogen) atoms. The number of amides is 3. The predicted octanol–water partition coefficient (Wildman–Crippen LogP) is 3.59. The van der Waals surface area contributed by atoms with Gasteiger partial charge in [0, 0.05) is 5.54 Å². The van der Waals surface area contributed by atoms with E-state index in [4.69, 9.17) is 0 Å². The number of carbonyl (C=O) groups is 2. The van der Waals surface area contributed by atoms with Crippen LogP contribution in [0.4, 0.5) is 4.79 Å². The molecule has 0 aliphatic carbocycles. The second-order valence-corrected chi connectivity index (χ2v) is 7.22. The van der Waals surface area contributed by atoms with E-state index in [2.05, 4.69) is 5.32 Å². The van der Waals surface area contributed by atoms with E-state index in [1.165, 1.54) is 4.90 Å². The molecule has 1 fully saturated rings. The summed E-state index contributed by atoms with van der Waals surface area (Å²) in [6.45, 7) is 7.58. The molecule has 0 unspecified atom stereocenters. The molecule has 2 aromatic rings. The van der Waals surface area contributed by atoms with Crippen molar-refractivity contribution in [2.75, 3.05) is 0 Å². The van der Waals surface area contributed by atoms with Crippen molar-refractivity contribution in [1.29, 1.82) is 0 Å². The Balaban J connectivity index is 2.24. The average molecular weight is 322 g/mol. The van der Waals surface area contributed by atoms with Crippen LogP contribution in [0.5, 0.6) is 0 Å². The summed E-state index contributed by atoms with van der Waals surface area (Å²) in [5.74, 6) is -0.241. The largest absolute Gasteiger partial charge is 0.326 e. The topological polar surface area (TPSA) is 49.4 Å². The summed E-state index contributed by atoms with van der Waals surface area (Å²) >= 11 is 0. The fourth-order valence-corrected chi connectivity index (χ4v) is 3.19. The van der Waals surface area contributed by atoms with E-state index in [0.29, 0.717) is 0 Å². The third-order valence-corrected chi connectivity index (χ3v) is 4.38. The van der Waals surface area contributed by atoms with E-state index in [9.17, 15) is 9.59 Å². The quantitative estimate of drug-likeness (QED) is 0.859. The van der Waals surface area contributed by atoms with Crippen LogP contribution >= 0.6 is 0 Å². The third kappa shape index (κ3) is 2.39. The molecule has 4 nitrogen and oxygen atoms in total. The highest BCUT2D eigenvalue weighted by Gasteiger charge is 2.56. The molecular weight excluding hydrogens is 300 g/mol. The summed E-state index contributed by atoms with van der Waals surface area (Å²) in [5.41, 5.74) is 0.858. The number of rotatable bonds is 2. The highest BCUT2D eigenvalue weighted by molar-refractivity contribution is 6.10. The number of hydrogen-bond donors (Lipinski definition) is 1. The van der Waals surface area contributed by atoms with Crippen LogP contribution in [-0.2, 0) is 10.3 Å².